The van der Waals surface area contributed by atoms with E-state index in [0.29, 0.717) is 12.2 Å². The van der Waals surface area contributed by atoms with Crippen molar-refractivity contribution in [3.05, 3.63) is 54.1 Å². The smallest absolute Gasteiger partial charge is 0.241 e. The lowest BCUT2D eigenvalue weighted by atomic mass is 10.1. The molecule has 0 spiro atoms. The van der Waals surface area contributed by atoms with Crippen molar-refractivity contribution >= 4 is 21.6 Å². The molecular weight excluding hydrogens is 390 g/mol. The first-order valence-electron chi connectivity index (χ1n) is 9.39. The fourth-order valence-electron chi connectivity index (χ4n) is 2.70. The van der Waals surface area contributed by atoms with Crippen molar-refractivity contribution in [3.63, 3.8) is 0 Å². The predicted molar refractivity (Wildman–Crippen MR) is 114 cm³/mol. The summed E-state index contributed by atoms with van der Waals surface area (Å²) in [5, 5.41) is 2.83. The maximum absolute atomic E-state index is 12.6. The molecule has 0 aliphatic heterocycles. The molecule has 0 saturated carbocycles. The second kappa shape index (κ2) is 9.87. The number of carbonyl (C=O) groups excluding carboxylic acids is 1. The number of likely N-dealkylation sites (N-methyl/N-ethyl adjacent to an activating group) is 1. The number of rotatable bonds is 9. The number of amides is 1. The molecule has 7 nitrogen and oxygen atoms in total. The quantitative estimate of drug-likeness (QED) is 0.653. The van der Waals surface area contributed by atoms with Crippen LogP contribution in [0.25, 0.3) is 0 Å². The van der Waals surface area contributed by atoms with E-state index >= 15 is 0 Å². The lowest BCUT2D eigenvalue weighted by Gasteiger charge is -2.24. The first-order chi connectivity index (χ1) is 13.6. The Bertz CT molecular complexity index is 910. The second-order valence-corrected chi connectivity index (χ2v) is 8.94. The second-order valence-electron chi connectivity index (χ2n) is 7.23. The molecule has 29 heavy (non-hydrogen) atoms. The number of carbonyl (C=O) groups is 1. The van der Waals surface area contributed by atoms with Gasteiger partial charge in [-0.1, -0.05) is 12.1 Å². The third-order valence-electron chi connectivity index (χ3n) is 4.45. The average molecular weight is 420 g/mol. The van der Waals surface area contributed by atoms with E-state index in [4.69, 9.17) is 4.74 Å². The van der Waals surface area contributed by atoms with Crippen molar-refractivity contribution in [2.75, 3.05) is 19.5 Å². The molecule has 0 aromatic heterocycles. The minimum absolute atomic E-state index is 0.161. The SMILES string of the molecule is COc1ccc(CN(C)C(C)C(=O)Nc2ccc(S(=O)(=O)NC(C)C)cc2)cc1. The zero-order valence-electron chi connectivity index (χ0n) is 17.5. The molecular formula is C21H29N3O4S. The van der Waals surface area contributed by atoms with Gasteiger partial charge in [0.25, 0.3) is 0 Å². The molecule has 0 aliphatic rings. The van der Waals surface area contributed by atoms with Crippen molar-refractivity contribution in [3.8, 4) is 5.75 Å². The molecule has 0 heterocycles. The zero-order chi connectivity index (χ0) is 21.6. The monoisotopic (exact) mass is 419 g/mol. The minimum Gasteiger partial charge on any atom is -0.497 e. The van der Waals surface area contributed by atoms with Crippen LogP contribution in [0.15, 0.2) is 53.4 Å². The van der Waals surface area contributed by atoms with Gasteiger partial charge in [0, 0.05) is 18.3 Å². The summed E-state index contributed by atoms with van der Waals surface area (Å²) in [6.45, 7) is 5.95. The van der Waals surface area contributed by atoms with Gasteiger partial charge in [0.2, 0.25) is 15.9 Å². The van der Waals surface area contributed by atoms with E-state index in [2.05, 4.69) is 10.0 Å². The van der Waals surface area contributed by atoms with Crippen LogP contribution in [0.1, 0.15) is 26.3 Å². The highest BCUT2D eigenvalue weighted by Crippen LogP contribution is 2.16. The number of ether oxygens (including phenoxy) is 1. The van der Waals surface area contributed by atoms with Crippen molar-refractivity contribution in [2.45, 2.75) is 44.3 Å². The van der Waals surface area contributed by atoms with E-state index in [-0.39, 0.29) is 22.9 Å². The number of hydrogen-bond donors (Lipinski definition) is 2. The molecule has 0 fully saturated rings. The molecule has 158 valence electrons. The highest BCUT2D eigenvalue weighted by atomic mass is 32.2. The largest absolute Gasteiger partial charge is 0.497 e. The van der Waals surface area contributed by atoms with E-state index in [1.165, 1.54) is 12.1 Å². The van der Waals surface area contributed by atoms with Gasteiger partial charge in [0.15, 0.2) is 0 Å². The van der Waals surface area contributed by atoms with Crippen molar-refractivity contribution in [2.24, 2.45) is 0 Å². The van der Waals surface area contributed by atoms with E-state index in [1.54, 1.807) is 33.1 Å². The first-order valence-corrected chi connectivity index (χ1v) is 10.9. The predicted octanol–water partition coefficient (Wildman–Crippen LogP) is 2.84. The van der Waals surface area contributed by atoms with Crippen LogP contribution < -0.4 is 14.8 Å². The van der Waals surface area contributed by atoms with Gasteiger partial charge >= 0.3 is 0 Å². The molecule has 1 unspecified atom stereocenters. The summed E-state index contributed by atoms with van der Waals surface area (Å²) < 4.78 is 32.0. The fourth-order valence-corrected chi connectivity index (χ4v) is 3.95. The van der Waals surface area contributed by atoms with Crippen LogP contribution in [-0.2, 0) is 21.4 Å². The number of methoxy groups -OCH3 is 1. The van der Waals surface area contributed by atoms with Gasteiger partial charge in [0.05, 0.1) is 18.0 Å². The van der Waals surface area contributed by atoms with E-state index < -0.39 is 10.0 Å². The van der Waals surface area contributed by atoms with Gasteiger partial charge in [-0.05, 0) is 69.8 Å². The maximum Gasteiger partial charge on any atom is 0.241 e. The number of nitrogens with one attached hydrogen (secondary N) is 2. The Morgan fingerprint density at radius 3 is 2.14 bits per heavy atom. The van der Waals surface area contributed by atoms with Crippen molar-refractivity contribution < 1.29 is 17.9 Å². The fraction of sp³-hybridized carbons (Fsp3) is 0.381. The Morgan fingerprint density at radius 2 is 1.62 bits per heavy atom. The molecule has 2 N–H and O–H groups in total. The van der Waals surface area contributed by atoms with Gasteiger partial charge in [-0.2, -0.15) is 0 Å². The number of benzene rings is 2. The zero-order valence-corrected chi connectivity index (χ0v) is 18.3. The van der Waals surface area contributed by atoms with Crippen LogP contribution in [0.3, 0.4) is 0 Å². The molecule has 8 heteroatoms. The number of sulfonamides is 1. The molecule has 1 atom stereocenters. The van der Waals surface area contributed by atoms with Gasteiger partial charge in [-0.25, -0.2) is 13.1 Å². The van der Waals surface area contributed by atoms with E-state index in [9.17, 15) is 13.2 Å². The van der Waals surface area contributed by atoms with E-state index in [0.717, 1.165) is 11.3 Å². The van der Waals surface area contributed by atoms with Crippen LogP contribution in [0.5, 0.6) is 5.75 Å². The Kier molecular flexibility index (Phi) is 7.78. The summed E-state index contributed by atoms with van der Waals surface area (Å²) in [7, 11) is -0.0560. The lowest BCUT2D eigenvalue weighted by molar-refractivity contribution is -0.120. The standard InChI is InChI=1S/C21H29N3O4S/c1-15(2)23-29(26,27)20-12-8-18(9-13-20)22-21(25)16(3)24(4)14-17-6-10-19(28-5)11-7-17/h6-13,15-16,23H,14H2,1-5H3,(H,22,25). The lowest BCUT2D eigenvalue weighted by Crippen LogP contribution is -2.39. The van der Waals surface area contributed by atoms with Crippen molar-refractivity contribution in [1.82, 2.24) is 9.62 Å². The highest BCUT2D eigenvalue weighted by Gasteiger charge is 2.19. The third-order valence-corrected chi connectivity index (χ3v) is 6.13. The third kappa shape index (κ3) is 6.56. The number of anilines is 1. The molecule has 0 radical (unpaired) electrons. The molecule has 2 aromatic carbocycles. The Balaban J connectivity index is 1.97. The summed E-state index contributed by atoms with van der Waals surface area (Å²) in [4.78, 5) is 14.7. The molecule has 2 aromatic rings. The van der Waals surface area contributed by atoms with Gasteiger partial charge in [-0.3, -0.25) is 9.69 Å². The van der Waals surface area contributed by atoms with Gasteiger partial charge in [0.1, 0.15) is 5.75 Å². The van der Waals surface area contributed by atoms with Crippen LogP contribution >= 0.6 is 0 Å². The summed E-state index contributed by atoms with van der Waals surface area (Å²) in [6.07, 6.45) is 0. The Morgan fingerprint density at radius 1 is 1.03 bits per heavy atom. The highest BCUT2D eigenvalue weighted by molar-refractivity contribution is 7.89. The summed E-state index contributed by atoms with van der Waals surface area (Å²) in [6, 6.07) is 13.3. The number of nitrogens with zero attached hydrogens (tertiary/aromatic N) is 1. The van der Waals surface area contributed by atoms with Gasteiger partial charge in [-0.15, -0.1) is 0 Å². The van der Waals surface area contributed by atoms with Crippen molar-refractivity contribution in [1.29, 1.82) is 0 Å². The first kappa shape index (κ1) is 22.9. The summed E-state index contributed by atoms with van der Waals surface area (Å²) >= 11 is 0. The van der Waals surface area contributed by atoms with Gasteiger partial charge < -0.3 is 10.1 Å². The molecule has 0 aliphatic carbocycles. The molecule has 0 bridgehead atoms. The topological polar surface area (TPSA) is 87.7 Å². The number of hydrogen-bond acceptors (Lipinski definition) is 5. The molecule has 0 saturated heterocycles. The molecule has 2 rings (SSSR count). The van der Waals surface area contributed by atoms with Crippen LogP contribution in [0.4, 0.5) is 5.69 Å². The average Bonchev–Trinajstić information content (AvgIpc) is 2.67. The van der Waals surface area contributed by atoms with Crippen LogP contribution in [0.2, 0.25) is 0 Å². The Hall–Kier alpha value is -2.42. The van der Waals surface area contributed by atoms with Crippen LogP contribution in [-0.4, -0.2) is 45.5 Å². The minimum atomic E-state index is -3.55. The normalized spacial score (nSPS) is 12.8. The van der Waals surface area contributed by atoms with E-state index in [1.807, 2.05) is 43.1 Å². The summed E-state index contributed by atoms with van der Waals surface area (Å²) in [5.41, 5.74) is 1.61. The van der Waals surface area contributed by atoms with Crippen LogP contribution in [0, 0.1) is 0 Å². The summed E-state index contributed by atoms with van der Waals surface area (Å²) in [5.74, 6) is 0.619. The maximum atomic E-state index is 12.6. The molecule has 1 amide bonds. The Labute approximate surface area is 173 Å².